The molecule has 0 atom stereocenters. The third-order valence-electron chi connectivity index (χ3n) is 0.167. The van der Waals surface area contributed by atoms with E-state index in [1.165, 1.54) is 0 Å². The minimum absolute atomic E-state index is 0.231. The van der Waals surface area contributed by atoms with Gasteiger partial charge in [-0.15, -0.1) is 0 Å². The summed E-state index contributed by atoms with van der Waals surface area (Å²) in [5.41, 5.74) is 0. The zero-order valence-corrected chi connectivity index (χ0v) is 4.57. The number of hydrogen-bond donors (Lipinski definition) is 0. The predicted molar refractivity (Wildman–Crippen MR) is 16.1 cm³/mol. The first-order chi connectivity index (χ1) is 2.39. The van der Waals surface area contributed by atoms with Crippen LogP contribution in [0.1, 0.15) is 0 Å². The summed E-state index contributed by atoms with van der Waals surface area (Å²) in [5.74, 6) is 0. The first-order valence-electron chi connectivity index (χ1n) is 0.833. The van der Waals surface area contributed by atoms with Crippen molar-refractivity contribution < 1.29 is 10.7 Å². The van der Waals surface area contributed by atoms with Crippen LogP contribution in [0.3, 0.4) is 0 Å². The van der Waals surface area contributed by atoms with Crippen molar-refractivity contribution >= 4 is 27.0 Å². The average Bonchev–Trinajstić information content (AvgIpc) is 1.30. The molecule has 0 unspecified atom stereocenters. The molecule has 0 radical (unpaired) electrons. The summed E-state index contributed by atoms with van der Waals surface area (Å²) in [6, 6.07) is 0. The van der Waals surface area contributed by atoms with Crippen LogP contribution < -0.4 is 0 Å². The van der Waals surface area contributed by atoms with Crippen molar-refractivity contribution in [2.45, 2.75) is 0 Å². The van der Waals surface area contributed by atoms with Gasteiger partial charge < -0.3 is 0 Å². The quantitative estimate of drug-likeness (QED) is 0.431. The van der Waals surface area contributed by atoms with E-state index in [1.807, 2.05) is 0 Å². The molecule has 0 amide bonds. The van der Waals surface area contributed by atoms with E-state index < -0.39 is 11.4 Å². The Labute approximate surface area is 38.3 Å². The SMILES string of the molecule is O=S1O[Se]O1. The van der Waals surface area contributed by atoms with E-state index in [2.05, 4.69) is 6.53 Å². The van der Waals surface area contributed by atoms with E-state index in [9.17, 15) is 4.21 Å². The van der Waals surface area contributed by atoms with Gasteiger partial charge >= 0.3 is 37.7 Å². The predicted octanol–water partition coefficient (Wildman–Crippen LogP) is -0.854. The van der Waals surface area contributed by atoms with Crippen molar-refractivity contribution in [1.82, 2.24) is 0 Å². The van der Waals surface area contributed by atoms with Crippen LogP contribution in [-0.2, 0) is 17.9 Å². The monoisotopic (exact) mass is 160 g/mol. The van der Waals surface area contributed by atoms with Crippen molar-refractivity contribution in [2.75, 3.05) is 0 Å². The summed E-state index contributed by atoms with van der Waals surface area (Å²) in [6.07, 6.45) is 0. The van der Waals surface area contributed by atoms with Crippen LogP contribution in [0, 0.1) is 0 Å². The topological polar surface area (TPSA) is 35.5 Å². The van der Waals surface area contributed by atoms with Crippen molar-refractivity contribution in [3.8, 4) is 0 Å². The molecule has 0 spiro atoms. The molecule has 1 saturated heterocycles. The van der Waals surface area contributed by atoms with Gasteiger partial charge in [0, 0.05) is 0 Å². The van der Waals surface area contributed by atoms with E-state index in [4.69, 9.17) is 0 Å². The fourth-order valence-electron chi connectivity index (χ4n) is 0.0505. The van der Waals surface area contributed by atoms with E-state index in [-0.39, 0.29) is 15.6 Å². The fraction of sp³-hybridized carbons (Fsp3) is 0. The van der Waals surface area contributed by atoms with Crippen LogP contribution >= 0.6 is 0 Å². The van der Waals surface area contributed by atoms with Crippen molar-refractivity contribution in [3.05, 3.63) is 0 Å². The van der Waals surface area contributed by atoms with Crippen molar-refractivity contribution in [1.29, 1.82) is 0 Å². The summed E-state index contributed by atoms with van der Waals surface area (Å²) in [7, 11) is 0. The Morgan fingerprint density at radius 1 is 1.60 bits per heavy atom. The summed E-state index contributed by atoms with van der Waals surface area (Å²) in [6.45, 7) is 0. The molecule has 0 aromatic rings. The molecule has 1 fully saturated rings. The van der Waals surface area contributed by atoms with Crippen molar-refractivity contribution in [3.63, 3.8) is 0 Å². The Balaban J connectivity index is 2.32. The van der Waals surface area contributed by atoms with Gasteiger partial charge in [-0.3, -0.25) is 0 Å². The summed E-state index contributed by atoms with van der Waals surface area (Å²) < 4.78 is 18.1. The molecule has 1 heterocycles. The minimum atomic E-state index is -1.36. The molecular weight excluding hydrogens is 159 g/mol. The van der Waals surface area contributed by atoms with Gasteiger partial charge in [0.25, 0.3) is 0 Å². The molecule has 0 bridgehead atoms. The molecule has 1 aliphatic heterocycles. The first-order valence-corrected chi connectivity index (χ1v) is 3.23. The molecule has 0 N–H and O–H groups in total. The third kappa shape index (κ3) is 0.709. The van der Waals surface area contributed by atoms with E-state index >= 15 is 0 Å². The van der Waals surface area contributed by atoms with Gasteiger partial charge in [0.15, 0.2) is 0 Å². The number of rotatable bonds is 0. The van der Waals surface area contributed by atoms with Gasteiger partial charge in [-0.1, -0.05) is 0 Å². The molecule has 0 aromatic carbocycles. The molecule has 30 valence electrons. The third-order valence-corrected chi connectivity index (χ3v) is 2.60. The normalized spacial score (nSPS) is 25.6. The first kappa shape index (κ1) is 3.77. The Bertz CT molecular complexity index is 53.9. The maximum atomic E-state index is 9.58. The second-order valence-electron chi connectivity index (χ2n) is 0.408. The van der Waals surface area contributed by atoms with Gasteiger partial charge in [-0.05, 0) is 0 Å². The van der Waals surface area contributed by atoms with Crippen LogP contribution in [0.4, 0.5) is 0 Å². The van der Waals surface area contributed by atoms with Crippen LogP contribution in [0.15, 0.2) is 0 Å². The molecule has 0 saturated carbocycles. The summed E-state index contributed by atoms with van der Waals surface area (Å²) in [5, 5.41) is 0. The van der Waals surface area contributed by atoms with Gasteiger partial charge in [0.05, 0.1) is 0 Å². The Morgan fingerprint density at radius 3 is 2.00 bits per heavy atom. The van der Waals surface area contributed by atoms with Gasteiger partial charge in [0.2, 0.25) is 0 Å². The van der Waals surface area contributed by atoms with Crippen LogP contribution in [-0.4, -0.2) is 19.8 Å². The van der Waals surface area contributed by atoms with E-state index in [1.54, 1.807) is 0 Å². The Morgan fingerprint density at radius 2 is 2.00 bits per heavy atom. The van der Waals surface area contributed by atoms with Gasteiger partial charge in [-0.2, -0.15) is 0 Å². The molecule has 5 heavy (non-hydrogen) atoms. The van der Waals surface area contributed by atoms with Crippen molar-refractivity contribution in [2.24, 2.45) is 0 Å². The molecule has 0 aliphatic carbocycles. The summed E-state index contributed by atoms with van der Waals surface area (Å²) >= 11 is -1.60. The Kier molecular flexibility index (Phi) is 1.03. The van der Waals surface area contributed by atoms with Gasteiger partial charge in [-0.25, -0.2) is 0 Å². The van der Waals surface area contributed by atoms with Crippen LogP contribution in [0.5, 0.6) is 0 Å². The molecule has 0 aromatic heterocycles. The average molecular weight is 159 g/mol. The maximum absolute atomic E-state index is 9.58. The molecule has 1 aliphatic rings. The second-order valence-corrected chi connectivity index (χ2v) is 3.09. The molecule has 3 nitrogen and oxygen atoms in total. The zero-order valence-electron chi connectivity index (χ0n) is 2.04. The standard InChI is InChI=1S/O3SSe/c1-4-2-5-3-4. The van der Waals surface area contributed by atoms with Crippen LogP contribution in [0.25, 0.3) is 0 Å². The zero-order chi connectivity index (χ0) is 3.70. The number of hydrogen-bond acceptors (Lipinski definition) is 3. The van der Waals surface area contributed by atoms with E-state index in [0.717, 1.165) is 0 Å². The summed E-state index contributed by atoms with van der Waals surface area (Å²) in [4.78, 5) is 0. The molecule has 5 heteroatoms. The fourth-order valence-corrected chi connectivity index (χ4v) is 0.787. The van der Waals surface area contributed by atoms with Crippen LogP contribution in [0.2, 0.25) is 0 Å². The van der Waals surface area contributed by atoms with Gasteiger partial charge in [0.1, 0.15) is 0 Å². The molecule has 1 rings (SSSR count). The second kappa shape index (κ2) is 1.36. The van der Waals surface area contributed by atoms with E-state index in [0.29, 0.717) is 0 Å². The Hall–Kier alpha value is 0.589. The molecular formula is O3SSe.